The largest absolute Gasteiger partial charge is 0.299 e. The first kappa shape index (κ1) is 14.0. The molecule has 1 rings (SSSR count). The minimum atomic E-state index is 0.370. The second kappa shape index (κ2) is 6.58. The van der Waals surface area contributed by atoms with Crippen molar-refractivity contribution in [3.05, 3.63) is 34.9 Å². The van der Waals surface area contributed by atoms with Crippen LogP contribution in [0, 0.1) is 19.8 Å². The summed E-state index contributed by atoms with van der Waals surface area (Å²) >= 11 is 0. The van der Waals surface area contributed by atoms with Gasteiger partial charge in [-0.15, -0.1) is 0 Å². The monoisotopic (exact) mass is 232 g/mol. The Morgan fingerprint density at radius 2 is 1.94 bits per heavy atom. The van der Waals surface area contributed by atoms with Crippen LogP contribution in [0.15, 0.2) is 18.2 Å². The van der Waals surface area contributed by atoms with Gasteiger partial charge in [0.2, 0.25) is 0 Å². The van der Waals surface area contributed by atoms with Gasteiger partial charge < -0.3 is 0 Å². The van der Waals surface area contributed by atoms with Crippen LogP contribution < -0.4 is 0 Å². The zero-order valence-electron chi connectivity index (χ0n) is 11.5. The molecule has 0 aliphatic carbocycles. The quantitative estimate of drug-likeness (QED) is 0.717. The molecule has 0 N–H and O–H groups in total. The molecule has 17 heavy (non-hydrogen) atoms. The molecular weight excluding hydrogens is 208 g/mol. The van der Waals surface area contributed by atoms with Crippen LogP contribution in [-0.4, -0.2) is 5.78 Å². The maximum Gasteiger partial charge on any atom is 0.137 e. The summed E-state index contributed by atoms with van der Waals surface area (Å²) < 4.78 is 0. The minimum absolute atomic E-state index is 0.370. The molecule has 0 spiro atoms. The molecule has 0 amide bonds. The average Bonchev–Trinajstić information content (AvgIpc) is 2.23. The van der Waals surface area contributed by atoms with E-state index in [9.17, 15) is 4.79 Å². The van der Waals surface area contributed by atoms with Gasteiger partial charge in [0.25, 0.3) is 0 Å². The first-order chi connectivity index (χ1) is 8.02. The molecule has 0 bridgehead atoms. The van der Waals surface area contributed by atoms with Gasteiger partial charge in [0.1, 0.15) is 5.78 Å². The molecule has 1 aromatic rings. The Balaban J connectivity index is 2.53. The molecule has 1 atom stereocenters. The normalized spacial score (nSPS) is 12.5. The van der Waals surface area contributed by atoms with Crippen molar-refractivity contribution in [2.45, 2.75) is 53.4 Å². The summed E-state index contributed by atoms with van der Waals surface area (Å²) in [6.45, 7) is 8.54. The lowest BCUT2D eigenvalue weighted by Gasteiger charge is -2.09. The van der Waals surface area contributed by atoms with Crippen LogP contribution in [0.3, 0.4) is 0 Å². The van der Waals surface area contributed by atoms with E-state index in [0.29, 0.717) is 18.1 Å². The molecule has 0 aromatic heterocycles. The third-order valence-corrected chi connectivity index (χ3v) is 3.33. The molecule has 0 fully saturated rings. The molecule has 1 heteroatoms. The Morgan fingerprint density at radius 1 is 1.24 bits per heavy atom. The van der Waals surface area contributed by atoms with Crippen molar-refractivity contribution in [1.82, 2.24) is 0 Å². The molecule has 0 heterocycles. The highest BCUT2D eigenvalue weighted by molar-refractivity contribution is 5.81. The predicted molar refractivity (Wildman–Crippen MR) is 73.3 cm³/mol. The number of carbonyl (C=O) groups excluding carboxylic acids is 1. The SMILES string of the molecule is CCCC(C)CC(=O)Cc1ccc(C)c(C)c1. The molecular formula is C16H24O. The Morgan fingerprint density at radius 3 is 2.53 bits per heavy atom. The molecule has 0 radical (unpaired) electrons. The number of hydrogen-bond donors (Lipinski definition) is 0. The molecule has 0 saturated heterocycles. The van der Waals surface area contributed by atoms with Gasteiger partial charge in [0, 0.05) is 12.8 Å². The minimum Gasteiger partial charge on any atom is -0.299 e. The smallest absolute Gasteiger partial charge is 0.137 e. The third-order valence-electron chi connectivity index (χ3n) is 3.33. The van der Waals surface area contributed by atoms with Gasteiger partial charge >= 0.3 is 0 Å². The summed E-state index contributed by atoms with van der Waals surface area (Å²) in [4.78, 5) is 11.9. The maximum absolute atomic E-state index is 11.9. The Hall–Kier alpha value is -1.11. The van der Waals surface area contributed by atoms with Crippen molar-refractivity contribution < 1.29 is 4.79 Å². The van der Waals surface area contributed by atoms with Crippen molar-refractivity contribution in [3.63, 3.8) is 0 Å². The number of benzene rings is 1. The van der Waals surface area contributed by atoms with Gasteiger partial charge in [-0.1, -0.05) is 44.9 Å². The van der Waals surface area contributed by atoms with Gasteiger partial charge in [-0.05, 0) is 36.5 Å². The fourth-order valence-electron chi connectivity index (χ4n) is 2.20. The number of rotatable bonds is 6. The fourth-order valence-corrected chi connectivity index (χ4v) is 2.20. The van der Waals surface area contributed by atoms with Crippen molar-refractivity contribution >= 4 is 5.78 Å². The third kappa shape index (κ3) is 4.72. The average molecular weight is 232 g/mol. The fraction of sp³-hybridized carbons (Fsp3) is 0.562. The van der Waals surface area contributed by atoms with Crippen LogP contribution in [0.2, 0.25) is 0 Å². The Kier molecular flexibility index (Phi) is 5.40. The van der Waals surface area contributed by atoms with Crippen molar-refractivity contribution in [1.29, 1.82) is 0 Å². The van der Waals surface area contributed by atoms with Crippen LogP contribution in [-0.2, 0) is 11.2 Å². The van der Waals surface area contributed by atoms with Crippen molar-refractivity contribution in [2.75, 3.05) is 0 Å². The topological polar surface area (TPSA) is 17.1 Å². The summed E-state index contributed by atoms with van der Waals surface area (Å²) in [7, 11) is 0. The number of hydrogen-bond acceptors (Lipinski definition) is 1. The lowest BCUT2D eigenvalue weighted by Crippen LogP contribution is -2.08. The van der Waals surface area contributed by atoms with Crippen LogP contribution >= 0.6 is 0 Å². The van der Waals surface area contributed by atoms with Crippen LogP contribution in [0.1, 0.15) is 49.8 Å². The highest BCUT2D eigenvalue weighted by Crippen LogP contribution is 2.14. The lowest BCUT2D eigenvalue weighted by molar-refractivity contribution is -0.119. The standard InChI is InChI=1S/C16H24O/c1-5-6-12(2)9-16(17)11-15-8-7-13(3)14(4)10-15/h7-8,10,12H,5-6,9,11H2,1-4H3. The van der Waals surface area contributed by atoms with E-state index in [-0.39, 0.29) is 0 Å². The first-order valence-corrected chi connectivity index (χ1v) is 6.60. The second-order valence-electron chi connectivity index (χ2n) is 5.23. The van der Waals surface area contributed by atoms with E-state index < -0.39 is 0 Å². The van der Waals surface area contributed by atoms with Crippen LogP contribution in [0.25, 0.3) is 0 Å². The lowest BCUT2D eigenvalue weighted by atomic mass is 9.95. The molecule has 1 aromatic carbocycles. The highest BCUT2D eigenvalue weighted by atomic mass is 16.1. The summed E-state index contributed by atoms with van der Waals surface area (Å²) in [5, 5.41) is 0. The Bertz CT molecular complexity index is 379. The Labute approximate surface area is 105 Å². The van der Waals surface area contributed by atoms with Gasteiger partial charge in [-0.25, -0.2) is 0 Å². The van der Waals surface area contributed by atoms with Crippen molar-refractivity contribution in [2.24, 2.45) is 5.92 Å². The molecule has 94 valence electrons. The van der Waals surface area contributed by atoms with E-state index in [4.69, 9.17) is 0 Å². The summed E-state index contributed by atoms with van der Waals surface area (Å²) in [5.41, 5.74) is 3.72. The van der Waals surface area contributed by atoms with E-state index in [1.807, 2.05) is 0 Å². The maximum atomic E-state index is 11.9. The number of ketones is 1. The molecule has 0 aliphatic rings. The van der Waals surface area contributed by atoms with E-state index in [2.05, 4.69) is 45.9 Å². The first-order valence-electron chi connectivity index (χ1n) is 6.60. The molecule has 1 nitrogen and oxygen atoms in total. The summed E-state index contributed by atoms with van der Waals surface area (Å²) in [6, 6.07) is 6.32. The van der Waals surface area contributed by atoms with Gasteiger partial charge in [-0.3, -0.25) is 4.79 Å². The molecule has 1 unspecified atom stereocenters. The van der Waals surface area contributed by atoms with E-state index >= 15 is 0 Å². The number of aryl methyl sites for hydroxylation is 2. The van der Waals surface area contributed by atoms with Gasteiger partial charge in [0.15, 0.2) is 0 Å². The molecule has 0 saturated carbocycles. The van der Waals surface area contributed by atoms with Crippen LogP contribution in [0.4, 0.5) is 0 Å². The summed E-state index contributed by atoms with van der Waals surface area (Å²) in [6.07, 6.45) is 3.63. The van der Waals surface area contributed by atoms with Gasteiger partial charge in [-0.2, -0.15) is 0 Å². The number of carbonyl (C=O) groups is 1. The van der Waals surface area contributed by atoms with Gasteiger partial charge in [0.05, 0.1) is 0 Å². The zero-order chi connectivity index (χ0) is 12.8. The van der Waals surface area contributed by atoms with E-state index in [1.165, 1.54) is 11.1 Å². The van der Waals surface area contributed by atoms with Crippen LogP contribution in [0.5, 0.6) is 0 Å². The van der Waals surface area contributed by atoms with E-state index in [0.717, 1.165) is 24.8 Å². The summed E-state index contributed by atoms with van der Waals surface area (Å²) in [5.74, 6) is 0.897. The van der Waals surface area contributed by atoms with Crippen molar-refractivity contribution in [3.8, 4) is 0 Å². The second-order valence-corrected chi connectivity index (χ2v) is 5.23. The zero-order valence-corrected chi connectivity index (χ0v) is 11.5. The highest BCUT2D eigenvalue weighted by Gasteiger charge is 2.09. The van der Waals surface area contributed by atoms with E-state index in [1.54, 1.807) is 0 Å². The predicted octanol–water partition coefficient (Wildman–Crippen LogP) is 4.24. The number of Topliss-reactive ketones (excluding diaryl/α,β-unsaturated/α-hetero) is 1. The molecule has 0 aliphatic heterocycles.